The van der Waals surface area contributed by atoms with E-state index in [9.17, 15) is 13.2 Å². The molecule has 8 nitrogen and oxygen atoms in total. The van der Waals surface area contributed by atoms with Crippen molar-refractivity contribution in [3.8, 4) is 0 Å². The van der Waals surface area contributed by atoms with E-state index in [1.54, 1.807) is 0 Å². The number of ketones is 1. The van der Waals surface area contributed by atoms with Crippen LogP contribution in [-0.4, -0.2) is 50.7 Å². The fraction of sp³-hybridized carbons (Fsp3) is 0.875. The quantitative estimate of drug-likeness (QED) is 0.127. The van der Waals surface area contributed by atoms with Crippen LogP contribution in [0.4, 0.5) is 0 Å². The van der Waals surface area contributed by atoms with Crippen molar-refractivity contribution in [3.05, 3.63) is 12.2 Å². The van der Waals surface area contributed by atoms with Gasteiger partial charge in [-0.15, -0.1) is 0 Å². The van der Waals surface area contributed by atoms with Crippen LogP contribution in [0.25, 0.3) is 0 Å². The predicted octanol–water partition coefficient (Wildman–Crippen LogP) is 4.26. The second kappa shape index (κ2) is 19.5. The molecule has 0 spiro atoms. The first kappa shape index (κ1) is 32.2. The van der Waals surface area contributed by atoms with Crippen LogP contribution in [0.3, 0.4) is 0 Å². The highest BCUT2D eigenvalue weighted by atomic mass is 32.3. The Hall–Kier alpha value is -0.840. The van der Waals surface area contributed by atoms with Crippen LogP contribution in [-0.2, 0) is 19.4 Å². The van der Waals surface area contributed by atoms with Gasteiger partial charge in [-0.2, -0.15) is 8.42 Å². The van der Waals surface area contributed by atoms with Crippen LogP contribution in [0.1, 0.15) is 104 Å². The number of unbranched alkanes of at least 4 members (excludes halogenated alkanes) is 10. The Balaban J connectivity index is 0.00000150. The molecule has 1 fully saturated rings. The van der Waals surface area contributed by atoms with Gasteiger partial charge in [0.25, 0.3) is 0 Å². The molecule has 0 saturated carbocycles. The Morgan fingerprint density at radius 3 is 1.88 bits per heavy atom. The highest BCUT2D eigenvalue weighted by Crippen LogP contribution is 2.20. The van der Waals surface area contributed by atoms with E-state index in [0.29, 0.717) is 6.42 Å². The summed E-state index contributed by atoms with van der Waals surface area (Å²) in [6.45, 7) is 6.00. The summed E-state index contributed by atoms with van der Waals surface area (Å²) >= 11 is 0. The molecule has 0 amide bonds. The van der Waals surface area contributed by atoms with E-state index in [4.69, 9.17) is 10.3 Å². The molecule has 1 atom stereocenters. The summed E-state index contributed by atoms with van der Waals surface area (Å²) in [6, 6.07) is 0. The molecule has 1 aliphatic rings. The Kier molecular flexibility index (Phi) is 19.0. The molecular formula is C24H49N3O5S. The highest BCUT2D eigenvalue weighted by molar-refractivity contribution is 7.80. The Labute approximate surface area is 202 Å². The molecule has 1 aliphatic heterocycles. The Morgan fingerprint density at radius 1 is 0.970 bits per heavy atom. The molecule has 0 radical (unpaired) electrons. The third-order valence-corrected chi connectivity index (χ3v) is 6.47. The predicted molar refractivity (Wildman–Crippen MR) is 135 cm³/mol. The van der Waals surface area contributed by atoms with E-state index in [1.807, 2.05) is 6.92 Å². The zero-order valence-corrected chi connectivity index (χ0v) is 21.9. The summed E-state index contributed by atoms with van der Waals surface area (Å²) in [5.41, 5.74) is 5.75. The van der Waals surface area contributed by atoms with Gasteiger partial charge in [0.15, 0.2) is 5.78 Å². The number of hydrogen-bond donors (Lipinski definition) is 4. The second-order valence-corrected chi connectivity index (χ2v) is 9.98. The van der Waals surface area contributed by atoms with E-state index in [1.165, 1.54) is 70.6 Å². The fourth-order valence-electron chi connectivity index (χ4n) is 3.79. The van der Waals surface area contributed by atoms with Crippen LogP contribution in [0.15, 0.2) is 12.2 Å². The summed E-state index contributed by atoms with van der Waals surface area (Å²) in [5, 5.41) is 6.40. The van der Waals surface area contributed by atoms with Crippen molar-refractivity contribution in [1.29, 1.82) is 0 Å². The largest absolute Gasteiger partial charge is 0.397 e. The summed E-state index contributed by atoms with van der Waals surface area (Å²) in [5.74, 6) is 0.139. The van der Waals surface area contributed by atoms with Gasteiger partial charge in [-0.1, -0.05) is 77.4 Å². The monoisotopic (exact) mass is 491 g/mol. The minimum atomic E-state index is -4.16. The number of nitrogens with one attached hydrogen (secondary N) is 2. The maximum Gasteiger partial charge on any atom is 0.397 e. The lowest BCUT2D eigenvalue weighted by Crippen LogP contribution is -2.57. The maximum absolute atomic E-state index is 12.6. The molecule has 9 heteroatoms. The Bertz CT molecular complexity index is 622. The van der Waals surface area contributed by atoms with E-state index in [0.717, 1.165) is 33.0 Å². The molecule has 33 heavy (non-hydrogen) atoms. The average Bonchev–Trinajstić information content (AvgIpc) is 3.33. The molecule has 1 heterocycles. The van der Waals surface area contributed by atoms with Gasteiger partial charge in [-0.25, -0.2) is 0 Å². The first-order valence-electron chi connectivity index (χ1n) is 12.7. The number of rotatable bonds is 18. The number of nitrogens with two attached hydrogens (primary N) is 1. The van der Waals surface area contributed by atoms with E-state index in [2.05, 4.69) is 33.9 Å². The minimum absolute atomic E-state index is 0.139. The minimum Gasteiger partial charge on any atom is -0.319 e. The van der Waals surface area contributed by atoms with Crippen molar-refractivity contribution in [2.45, 2.75) is 115 Å². The third-order valence-electron chi connectivity index (χ3n) is 6.05. The number of Topliss-reactive ketones (excluding diaryl/α,β-unsaturated/α-hetero) is 1. The van der Waals surface area contributed by atoms with Crippen LogP contribution < -0.4 is 16.4 Å². The smallest absolute Gasteiger partial charge is 0.319 e. The Morgan fingerprint density at radius 2 is 1.42 bits per heavy atom. The van der Waals surface area contributed by atoms with Crippen molar-refractivity contribution in [1.82, 2.24) is 10.6 Å². The summed E-state index contributed by atoms with van der Waals surface area (Å²) < 4.78 is 29.7. The van der Waals surface area contributed by atoms with Gasteiger partial charge in [-0.3, -0.25) is 24.2 Å². The molecule has 0 aliphatic carbocycles. The zero-order chi connectivity index (χ0) is 25.0. The standard InChI is InChI=1S/C23H45N3O.CH4O4S/c1-3-5-6-7-8-9-10-11-12-13-14-15-16-17-18-23(24,4-2)21(27)22-25-19-20-26-22;1-5-6(2,3)4/h11-12,22,25-26H,3-10,13-20,24H2,1-2H3;1H3,(H,2,3,4)/b12-11-;. The molecule has 5 N–H and O–H groups in total. The first-order chi connectivity index (χ1) is 15.7. The molecule has 1 rings (SSSR count). The van der Waals surface area contributed by atoms with Gasteiger partial charge in [0.2, 0.25) is 0 Å². The van der Waals surface area contributed by atoms with E-state index in [-0.39, 0.29) is 11.9 Å². The van der Waals surface area contributed by atoms with Crippen molar-refractivity contribution in [3.63, 3.8) is 0 Å². The fourth-order valence-corrected chi connectivity index (χ4v) is 3.79. The van der Waals surface area contributed by atoms with Gasteiger partial charge in [-0.05, 0) is 38.5 Å². The van der Waals surface area contributed by atoms with Crippen molar-refractivity contribution in [2.75, 3.05) is 20.2 Å². The lowest BCUT2D eigenvalue weighted by Gasteiger charge is -2.29. The van der Waals surface area contributed by atoms with E-state index < -0.39 is 15.9 Å². The SMILES string of the molecule is CCCCCCCC/C=C\CCCCCCC(N)(CC)C(=O)C1NCCN1.COS(=O)(=O)O. The van der Waals surface area contributed by atoms with Crippen LogP contribution in [0.2, 0.25) is 0 Å². The molecule has 196 valence electrons. The summed E-state index contributed by atoms with van der Waals surface area (Å²) in [6.07, 6.45) is 21.4. The summed E-state index contributed by atoms with van der Waals surface area (Å²) in [7, 11) is -3.29. The van der Waals surface area contributed by atoms with Crippen molar-refractivity contribution in [2.24, 2.45) is 5.73 Å². The van der Waals surface area contributed by atoms with Crippen LogP contribution >= 0.6 is 0 Å². The highest BCUT2D eigenvalue weighted by Gasteiger charge is 2.37. The average molecular weight is 492 g/mol. The molecule has 0 aromatic rings. The molecular weight excluding hydrogens is 442 g/mol. The van der Waals surface area contributed by atoms with Gasteiger partial charge >= 0.3 is 10.4 Å². The molecule has 0 aromatic heterocycles. The lowest BCUT2D eigenvalue weighted by molar-refractivity contribution is -0.126. The topological polar surface area (TPSA) is 131 Å². The van der Waals surface area contributed by atoms with Gasteiger partial charge in [0, 0.05) is 13.1 Å². The van der Waals surface area contributed by atoms with Crippen molar-refractivity contribution >= 4 is 16.2 Å². The van der Waals surface area contributed by atoms with Crippen molar-refractivity contribution < 1.29 is 21.9 Å². The van der Waals surface area contributed by atoms with E-state index >= 15 is 0 Å². The van der Waals surface area contributed by atoms with Crippen LogP contribution in [0.5, 0.6) is 0 Å². The van der Waals surface area contributed by atoms with Gasteiger partial charge in [0.1, 0.15) is 6.17 Å². The molecule has 0 bridgehead atoms. The third kappa shape index (κ3) is 17.3. The number of hydrogen-bond acceptors (Lipinski definition) is 7. The maximum atomic E-state index is 12.6. The molecule has 1 unspecified atom stereocenters. The molecule has 0 aromatic carbocycles. The van der Waals surface area contributed by atoms with Crippen LogP contribution in [0, 0.1) is 0 Å². The number of carbonyl (C=O) groups excluding carboxylic acids is 1. The van der Waals surface area contributed by atoms with Gasteiger partial charge < -0.3 is 5.73 Å². The normalized spacial score (nSPS) is 16.5. The molecule has 1 saturated heterocycles. The van der Waals surface area contributed by atoms with Gasteiger partial charge in [0.05, 0.1) is 12.6 Å². The second-order valence-electron chi connectivity index (χ2n) is 8.79. The zero-order valence-electron chi connectivity index (χ0n) is 21.1. The number of carbonyl (C=O) groups is 1. The first-order valence-corrected chi connectivity index (χ1v) is 14.0. The number of allylic oxidation sites excluding steroid dienone is 2. The summed E-state index contributed by atoms with van der Waals surface area (Å²) in [4.78, 5) is 12.6. The lowest BCUT2D eigenvalue weighted by atomic mass is 9.84.